The number of nitrogens with one attached hydrogen (secondary N) is 1. The van der Waals surface area contributed by atoms with Crippen molar-refractivity contribution in [2.75, 3.05) is 20.3 Å². The Kier molecular flexibility index (Phi) is 6.72. The number of hydrogen-bond acceptors (Lipinski definition) is 4. The Bertz CT molecular complexity index is 367. The molecule has 0 fully saturated rings. The van der Waals surface area contributed by atoms with Gasteiger partial charge in [-0.2, -0.15) is 0 Å². The number of rotatable bonds is 7. The van der Waals surface area contributed by atoms with E-state index in [0.717, 1.165) is 5.56 Å². The molecule has 0 saturated carbocycles. The van der Waals surface area contributed by atoms with Crippen molar-refractivity contribution in [1.82, 2.24) is 5.32 Å². The molecule has 0 aliphatic rings. The molecule has 18 heavy (non-hydrogen) atoms. The van der Waals surface area contributed by atoms with Crippen LogP contribution in [0, 0.1) is 0 Å². The molecule has 0 aliphatic heterocycles. The van der Waals surface area contributed by atoms with Crippen LogP contribution >= 0.6 is 11.6 Å². The van der Waals surface area contributed by atoms with Crippen LogP contribution in [0.4, 0.5) is 0 Å². The van der Waals surface area contributed by atoms with Crippen molar-refractivity contribution in [3.8, 4) is 0 Å². The van der Waals surface area contributed by atoms with Crippen LogP contribution in [0.1, 0.15) is 12.0 Å². The molecule has 0 heterocycles. The number of benzene rings is 1. The first-order valence-electron chi connectivity index (χ1n) is 5.81. The van der Waals surface area contributed by atoms with Gasteiger partial charge in [-0.15, -0.1) is 0 Å². The zero-order valence-corrected chi connectivity index (χ0v) is 11.1. The number of ether oxygens (including phenoxy) is 1. The van der Waals surface area contributed by atoms with Crippen LogP contribution in [0.2, 0.25) is 5.02 Å². The summed E-state index contributed by atoms with van der Waals surface area (Å²) >= 11 is 5.82. The second-order valence-electron chi connectivity index (χ2n) is 3.99. The standard InChI is InChI=1S/C13H18ClNO3/c1-18-13(17)9-12(15-6-7-16)8-10-2-4-11(14)5-3-10/h2-5,12,15-16H,6-9H2,1H3. The molecule has 0 aliphatic carbocycles. The molecule has 100 valence electrons. The van der Waals surface area contributed by atoms with Crippen LogP contribution in [-0.4, -0.2) is 37.4 Å². The molecule has 1 aromatic rings. The molecular formula is C13H18ClNO3. The van der Waals surface area contributed by atoms with Gasteiger partial charge in [-0.3, -0.25) is 4.79 Å². The maximum Gasteiger partial charge on any atom is 0.307 e. The molecule has 0 saturated heterocycles. The number of aliphatic hydroxyl groups excluding tert-OH is 1. The molecule has 2 N–H and O–H groups in total. The van der Waals surface area contributed by atoms with Gasteiger partial charge in [0.2, 0.25) is 0 Å². The number of hydrogen-bond donors (Lipinski definition) is 2. The monoisotopic (exact) mass is 271 g/mol. The fourth-order valence-electron chi connectivity index (χ4n) is 1.67. The van der Waals surface area contributed by atoms with Gasteiger partial charge in [0.15, 0.2) is 0 Å². The van der Waals surface area contributed by atoms with E-state index >= 15 is 0 Å². The SMILES string of the molecule is COC(=O)CC(Cc1ccc(Cl)cc1)NCCO. The minimum atomic E-state index is -0.264. The Morgan fingerprint density at radius 1 is 1.44 bits per heavy atom. The van der Waals surface area contributed by atoms with Crippen LogP contribution in [-0.2, 0) is 16.0 Å². The number of halogens is 1. The summed E-state index contributed by atoms with van der Waals surface area (Å²) in [5.74, 6) is -0.264. The van der Waals surface area contributed by atoms with E-state index in [1.54, 1.807) is 0 Å². The third kappa shape index (κ3) is 5.49. The smallest absolute Gasteiger partial charge is 0.307 e. The summed E-state index contributed by atoms with van der Waals surface area (Å²) in [6, 6.07) is 7.43. The van der Waals surface area contributed by atoms with Crippen LogP contribution in [0.25, 0.3) is 0 Å². The highest BCUT2D eigenvalue weighted by Crippen LogP contribution is 2.12. The topological polar surface area (TPSA) is 58.6 Å². The molecule has 1 aromatic carbocycles. The highest BCUT2D eigenvalue weighted by atomic mass is 35.5. The molecule has 1 atom stereocenters. The van der Waals surface area contributed by atoms with Gasteiger partial charge in [-0.05, 0) is 24.1 Å². The van der Waals surface area contributed by atoms with E-state index < -0.39 is 0 Å². The second-order valence-corrected chi connectivity index (χ2v) is 4.42. The Hall–Kier alpha value is -1.10. The number of methoxy groups -OCH3 is 1. The van der Waals surface area contributed by atoms with E-state index in [9.17, 15) is 4.79 Å². The molecule has 1 unspecified atom stereocenters. The van der Waals surface area contributed by atoms with E-state index in [2.05, 4.69) is 10.1 Å². The Morgan fingerprint density at radius 3 is 2.67 bits per heavy atom. The van der Waals surface area contributed by atoms with E-state index in [-0.39, 0.29) is 25.0 Å². The van der Waals surface area contributed by atoms with Gasteiger partial charge >= 0.3 is 5.97 Å². The quantitative estimate of drug-likeness (QED) is 0.736. The van der Waals surface area contributed by atoms with Crippen molar-refractivity contribution in [1.29, 1.82) is 0 Å². The molecule has 0 amide bonds. The summed E-state index contributed by atoms with van der Waals surface area (Å²) in [6.07, 6.45) is 0.964. The largest absolute Gasteiger partial charge is 0.469 e. The fourth-order valence-corrected chi connectivity index (χ4v) is 1.80. The molecule has 0 aromatic heterocycles. The molecule has 0 bridgehead atoms. The summed E-state index contributed by atoms with van der Waals surface area (Å²) in [6.45, 7) is 0.494. The molecule has 1 rings (SSSR count). The number of esters is 1. The normalized spacial score (nSPS) is 12.2. The molecular weight excluding hydrogens is 254 g/mol. The predicted molar refractivity (Wildman–Crippen MR) is 70.7 cm³/mol. The average Bonchev–Trinajstić information content (AvgIpc) is 2.38. The zero-order valence-electron chi connectivity index (χ0n) is 10.4. The van der Waals surface area contributed by atoms with E-state index in [1.165, 1.54) is 7.11 Å². The van der Waals surface area contributed by atoms with Gasteiger partial charge in [0.05, 0.1) is 20.1 Å². The highest BCUT2D eigenvalue weighted by molar-refractivity contribution is 6.30. The first kappa shape index (κ1) is 15.0. The van der Waals surface area contributed by atoms with Gasteiger partial charge in [0.1, 0.15) is 0 Å². The van der Waals surface area contributed by atoms with Gasteiger partial charge in [0.25, 0.3) is 0 Å². The minimum Gasteiger partial charge on any atom is -0.469 e. The van der Waals surface area contributed by atoms with Crippen LogP contribution in [0.15, 0.2) is 24.3 Å². The summed E-state index contributed by atoms with van der Waals surface area (Å²) in [5, 5.41) is 12.6. The lowest BCUT2D eigenvalue weighted by Crippen LogP contribution is -2.35. The second kappa shape index (κ2) is 8.08. The zero-order chi connectivity index (χ0) is 13.4. The third-order valence-corrected chi connectivity index (χ3v) is 2.83. The Balaban J connectivity index is 2.59. The van der Waals surface area contributed by atoms with Gasteiger partial charge in [-0.25, -0.2) is 0 Å². The first-order chi connectivity index (χ1) is 8.65. The Labute approximate surface area is 112 Å². The molecule has 5 heteroatoms. The van der Waals surface area contributed by atoms with E-state index in [0.29, 0.717) is 18.0 Å². The predicted octanol–water partition coefficient (Wildman–Crippen LogP) is 1.40. The maximum absolute atomic E-state index is 11.3. The van der Waals surface area contributed by atoms with Crippen molar-refractivity contribution in [2.24, 2.45) is 0 Å². The van der Waals surface area contributed by atoms with Gasteiger partial charge in [0, 0.05) is 17.6 Å². The number of aliphatic hydroxyl groups is 1. The van der Waals surface area contributed by atoms with Crippen LogP contribution in [0.3, 0.4) is 0 Å². The number of carbonyl (C=O) groups is 1. The fraction of sp³-hybridized carbons (Fsp3) is 0.462. The van der Waals surface area contributed by atoms with Gasteiger partial charge in [-0.1, -0.05) is 23.7 Å². The molecule has 4 nitrogen and oxygen atoms in total. The highest BCUT2D eigenvalue weighted by Gasteiger charge is 2.14. The average molecular weight is 272 g/mol. The molecule has 0 spiro atoms. The van der Waals surface area contributed by atoms with E-state index in [1.807, 2.05) is 24.3 Å². The molecule has 0 radical (unpaired) electrons. The third-order valence-electron chi connectivity index (χ3n) is 2.58. The van der Waals surface area contributed by atoms with Crippen LogP contribution < -0.4 is 5.32 Å². The summed E-state index contributed by atoms with van der Waals surface area (Å²) in [4.78, 5) is 11.3. The lowest BCUT2D eigenvalue weighted by molar-refractivity contribution is -0.141. The minimum absolute atomic E-state index is 0.0400. The summed E-state index contributed by atoms with van der Waals surface area (Å²) in [5.41, 5.74) is 1.08. The van der Waals surface area contributed by atoms with Crippen molar-refractivity contribution in [3.05, 3.63) is 34.9 Å². The lowest BCUT2D eigenvalue weighted by atomic mass is 10.0. The van der Waals surface area contributed by atoms with Gasteiger partial charge < -0.3 is 15.2 Å². The van der Waals surface area contributed by atoms with Crippen molar-refractivity contribution in [2.45, 2.75) is 18.9 Å². The van der Waals surface area contributed by atoms with Crippen molar-refractivity contribution in [3.63, 3.8) is 0 Å². The summed E-state index contributed by atoms with van der Waals surface area (Å²) in [7, 11) is 1.37. The Morgan fingerprint density at radius 2 is 2.11 bits per heavy atom. The van der Waals surface area contributed by atoms with E-state index in [4.69, 9.17) is 16.7 Å². The number of carbonyl (C=O) groups excluding carboxylic acids is 1. The lowest BCUT2D eigenvalue weighted by Gasteiger charge is -2.17. The van der Waals surface area contributed by atoms with Crippen LogP contribution in [0.5, 0.6) is 0 Å². The van der Waals surface area contributed by atoms with Crippen molar-refractivity contribution >= 4 is 17.6 Å². The summed E-state index contributed by atoms with van der Waals surface area (Å²) < 4.78 is 4.65. The van der Waals surface area contributed by atoms with Crippen molar-refractivity contribution < 1.29 is 14.6 Å². The first-order valence-corrected chi connectivity index (χ1v) is 6.19. The maximum atomic E-state index is 11.3.